The summed E-state index contributed by atoms with van der Waals surface area (Å²) >= 11 is 0. The van der Waals surface area contributed by atoms with Gasteiger partial charge in [-0.1, -0.05) is 19.9 Å². The standard InChI is InChI=1S/C17H29NO2/c1-13(2)6-5-7-20-12-17(19)11-18-16-9-14(3)8-15(4)10-16/h8-10,13,17-19H,5-7,11-12H2,1-4H3. The van der Waals surface area contributed by atoms with Crippen LogP contribution in [0.1, 0.15) is 37.8 Å². The van der Waals surface area contributed by atoms with E-state index in [2.05, 4.69) is 51.2 Å². The molecule has 0 aromatic heterocycles. The van der Waals surface area contributed by atoms with Crippen molar-refractivity contribution in [1.82, 2.24) is 0 Å². The quantitative estimate of drug-likeness (QED) is 0.679. The number of aliphatic hydroxyl groups excluding tert-OH is 1. The van der Waals surface area contributed by atoms with Crippen LogP contribution < -0.4 is 5.32 Å². The van der Waals surface area contributed by atoms with Gasteiger partial charge in [0.25, 0.3) is 0 Å². The van der Waals surface area contributed by atoms with E-state index in [-0.39, 0.29) is 0 Å². The molecule has 114 valence electrons. The number of benzene rings is 1. The van der Waals surface area contributed by atoms with Crippen molar-refractivity contribution in [3.63, 3.8) is 0 Å². The van der Waals surface area contributed by atoms with Gasteiger partial charge in [-0.25, -0.2) is 0 Å². The highest BCUT2D eigenvalue weighted by molar-refractivity contribution is 5.48. The summed E-state index contributed by atoms with van der Waals surface area (Å²) < 4.78 is 5.49. The van der Waals surface area contributed by atoms with Crippen LogP contribution in [0.2, 0.25) is 0 Å². The molecule has 3 nitrogen and oxygen atoms in total. The molecule has 0 aliphatic carbocycles. The fourth-order valence-electron chi connectivity index (χ4n) is 2.18. The Hall–Kier alpha value is -1.06. The van der Waals surface area contributed by atoms with E-state index in [1.807, 2.05) is 0 Å². The Bertz CT molecular complexity index is 370. The van der Waals surface area contributed by atoms with E-state index in [4.69, 9.17) is 4.74 Å². The van der Waals surface area contributed by atoms with E-state index in [1.54, 1.807) is 0 Å². The maximum Gasteiger partial charge on any atom is 0.0945 e. The number of ether oxygens (including phenoxy) is 1. The zero-order chi connectivity index (χ0) is 15.0. The molecule has 0 fully saturated rings. The highest BCUT2D eigenvalue weighted by atomic mass is 16.5. The van der Waals surface area contributed by atoms with E-state index in [9.17, 15) is 5.11 Å². The van der Waals surface area contributed by atoms with Crippen LogP contribution >= 0.6 is 0 Å². The summed E-state index contributed by atoms with van der Waals surface area (Å²) in [5.74, 6) is 0.717. The second-order valence-electron chi connectivity index (χ2n) is 6.02. The number of hydrogen-bond donors (Lipinski definition) is 2. The van der Waals surface area contributed by atoms with Gasteiger partial charge in [0.15, 0.2) is 0 Å². The summed E-state index contributed by atoms with van der Waals surface area (Å²) in [6.07, 6.45) is 1.78. The van der Waals surface area contributed by atoms with Crippen molar-refractivity contribution in [1.29, 1.82) is 0 Å². The molecule has 1 unspecified atom stereocenters. The molecule has 0 spiro atoms. The van der Waals surface area contributed by atoms with Crippen molar-refractivity contribution in [3.8, 4) is 0 Å². The van der Waals surface area contributed by atoms with Gasteiger partial charge in [-0.05, 0) is 55.9 Å². The summed E-state index contributed by atoms with van der Waals surface area (Å²) in [4.78, 5) is 0. The zero-order valence-electron chi connectivity index (χ0n) is 13.3. The van der Waals surface area contributed by atoms with Gasteiger partial charge in [0.05, 0.1) is 12.7 Å². The summed E-state index contributed by atoms with van der Waals surface area (Å²) in [5.41, 5.74) is 3.51. The maximum atomic E-state index is 9.87. The van der Waals surface area contributed by atoms with E-state index < -0.39 is 6.10 Å². The zero-order valence-corrected chi connectivity index (χ0v) is 13.3. The van der Waals surface area contributed by atoms with Gasteiger partial charge in [-0.3, -0.25) is 0 Å². The highest BCUT2D eigenvalue weighted by Crippen LogP contribution is 2.13. The average molecular weight is 279 g/mol. The molecule has 3 heteroatoms. The van der Waals surface area contributed by atoms with Gasteiger partial charge in [0, 0.05) is 18.8 Å². The van der Waals surface area contributed by atoms with Crippen molar-refractivity contribution in [3.05, 3.63) is 29.3 Å². The van der Waals surface area contributed by atoms with E-state index in [1.165, 1.54) is 17.5 Å². The van der Waals surface area contributed by atoms with Gasteiger partial charge < -0.3 is 15.2 Å². The van der Waals surface area contributed by atoms with Gasteiger partial charge in [-0.2, -0.15) is 0 Å². The Balaban J connectivity index is 2.17. The molecule has 0 saturated carbocycles. The summed E-state index contributed by atoms with van der Waals surface area (Å²) in [7, 11) is 0. The minimum atomic E-state index is -0.463. The molecule has 0 aliphatic heterocycles. The molecule has 0 bridgehead atoms. The first-order chi connectivity index (χ1) is 9.47. The number of anilines is 1. The van der Waals surface area contributed by atoms with Gasteiger partial charge in [0.1, 0.15) is 0 Å². The second kappa shape index (κ2) is 8.98. The lowest BCUT2D eigenvalue weighted by Gasteiger charge is -2.14. The Morgan fingerprint density at radius 2 is 1.80 bits per heavy atom. The minimum absolute atomic E-state index is 0.399. The molecule has 0 aliphatic rings. The van der Waals surface area contributed by atoms with Crippen LogP contribution in [-0.4, -0.2) is 31.0 Å². The maximum absolute atomic E-state index is 9.87. The van der Waals surface area contributed by atoms with E-state index >= 15 is 0 Å². The predicted octanol–water partition coefficient (Wildman–Crippen LogP) is 3.53. The summed E-state index contributed by atoms with van der Waals surface area (Å²) in [6, 6.07) is 6.31. The second-order valence-corrected chi connectivity index (χ2v) is 6.02. The average Bonchev–Trinajstić information content (AvgIpc) is 2.34. The smallest absolute Gasteiger partial charge is 0.0945 e. The Morgan fingerprint density at radius 3 is 2.40 bits per heavy atom. The summed E-state index contributed by atoms with van der Waals surface area (Å²) in [6.45, 7) is 10.2. The van der Waals surface area contributed by atoms with Crippen LogP contribution in [0.3, 0.4) is 0 Å². The van der Waals surface area contributed by atoms with Crippen LogP contribution in [-0.2, 0) is 4.74 Å². The molecule has 2 N–H and O–H groups in total. The normalized spacial score (nSPS) is 12.7. The first kappa shape index (κ1) is 17.0. The van der Waals surface area contributed by atoms with Crippen molar-refractivity contribution >= 4 is 5.69 Å². The van der Waals surface area contributed by atoms with Crippen molar-refractivity contribution < 1.29 is 9.84 Å². The highest BCUT2D eigenvalue weighted by Gasteiger charge is 2.05. The first-order valence-corrected chi connectivity index (χ1v) is 7.55. The number of hydrogen-bond acceptors (Lipinski definition) is 3. The largest absolute Gasteiger partial charge is 0.389 e. The molecule has 1 aromatic carbocycles. The Kier molecular flexibility index (Phi) is 7.63. The predicted molar refractivity (Wildman–Crippen MR) is 85.3 cm³/mol. The molecule has 1 rings (SSSR count). The molecule has 1 atom stereocenters. The third-order valence-electron chi connectivity index (χ3n) is 3.14. The Morgan fingerprint density at radius 1 is 1.15 bits per heavy atom. The van der Waals surface area contributed by atoms with Crippen LogP contribution in [0.15, 0.2) is 18.2 Å². The molecular formula is C17H29NO2. The third kappa shape index (κ3) is 7.51. The Labute approximate surface area is 123 Å². The van der Waals surface area contributed by atoms with Gasteiger partial charge >= 0.3 is 0 Å². The molecular weight excluding hydrogens is 250 g/mol. The van der Waals surface area contributed by atoms with Gasteiger partial charge in [0.2, 0.25) is 0 Å². The van der Waals surface area contributed by atoms with Crippen LogP contribution in [0.25, 0.3) is 0 Å². The minimum Gasteiger partial charge on any atom is -0.389 e. The first-order valence-electron chi connectivity index (χ1n) is 7.55. The van der Waals surface area contributed by atoms with Crippen molar-refractivity contribution in [2.24, 2.45) is 5.92 Å². The monoisotopic (exact) mass is 279 g/mol. The SMILES string of the molecule is Cc1cc(C)cc(NCC(O)COCCCC(C)C)c1. The molecule has 20 heavy (non-hydrogen) atoms. The lowest BCUT2D eigenvalue weighted by atomic mass is 10.1. The fraction of sp³-hybridized carbons (Fsp3) is 0.647. The number of rotatable bonds is 9. The van der Waals surface area contributed by atoms with Crippen LogP contribution in [0.4, 0.5) is 5.69 Å². The van der Waals surface area contributed by atoms with Crippen molar-refractivity contribution in [2.75, 3.05) is 25.1 Å². The van der Waals surface area contributed by atoms with E-state index in [0.29, 0.717) is 13.2 Å². The third-order valence-corrected chi connectivity index (χ3v) is 3.14. The molecule has 0 amide bonds. The molecule has 0 radical (unpaired) electrons. The van der Waals surface area contributed by atoms with Crippen LogP contribution in [0.5, 0.6) is 0 Å². The van der Waals surface area contributed by atoms with Gasteiger partial charge in [-0.15, -0.1) is 0 Å². The van der Waals surface area contributed by atoms with E-state index in [0.717, 1.165) is 24.6 Å². The van der Waals surface area contributed by atoms with Crippen molar-refractivity contribution in [2.45, 2.75) is 46.6 Å². The molecule has 0 saturated heterocycles. The number of nitrogens with one attached hydrogen (secondary N) is 1. The summed E-state index contributed by atoms with van der Waals surface area (Å²) in [5, 5.41) is 13.1. The number of aryl methyl sites for hydroxylation is 2. The lowest BCUT2D eigenvalue weighted by molar-refractivity contribution is 0.0409. The van der Waals surface area contributed by atoms with Crippen LogP contribution in [0, 0.1) is 19.8 Å². The number of aliphatic hydroxyl groups is 1. The topological polar surface area (TPSA) is 41.5 Å². The fourth-order valence-corrected chi connectivity index (χ4v) is 2.18. The molecule has 0 heterocycles. The lowest BCUT2D eigenvalue weighted by Crippen LogP contribution is -2.25. The molecule has 1 aromatic rings.